The molecule has 0 N–H and O–H groups in total. The highest BCUT2D eigenvalue weighted by Crippen LogP contribution is 2.09. The lowest BCUT2D eigenvalue weighted by molar-refractivity contribution is 0.163. The molecule has 0 bridgehead atoms. The summed E-state index contributed by atoms with van der Waals surface area (Å²) in [6.45, 7) is 5.80. The normalized spacial score (nSPS) is 25.1. The highest BCUT2D eigenvalue weighted by Gasteiger charge is 2.14. The van der Waals surface area contributed by atoms with Gasteiger partial charge in [-0.15, -0.1) is 0 Å². The van der Waals surface area contributed by atoms with Crippen LogP contribution < -0.4 is 0 Å². The minimum absolute atomic E-state index is 1.05. The van der Waals surface area contributed by atoms with E-state index in [1.54, 1.807) is 0 Å². The molecule has 0 aromatic heterocycles. The first-order chi connectivity index (χ1) is 6.84. The minimum Gasteiger partial charge on any atom is -0.304 e. The van der Waals surface area contributed by atoms with Crippen LogP contribution in [0.3, 0.4) is 0 Å². The van der Waals surface area contributed by atoms with E-state index in [1.807, 2.05) is 6.21 Å². The van der Waals surface area contributed by atoms with Gasteiger partial charge in [0.15, 0.2) is 0 Å². The summed E-state index contributed by atoms with van der Waals surface area (Å²) in [5.41, 5.74) is 1.26. The first-order valence-electron chi connectivity index (χ1n) is 5.47. The lowest BCUT2D eigenvalue weighted by atomic mass is 10.2. The largest absolute Gasteiger partial charge is 0.304 e. The second kappa shape index (κ2) is 4.71. The molecule has 0 spiro atoms. The molecule has 0 aromatic carbocycles. The molecular formula is C11H19N3. The molecule has 0 aromatic rings. The van der Waals surface area contributed by atoms with Gasteiger partial charge in [0.2, 0.25) is 0 Å². The molecule has 2 aliphatic heterocycles. The molecule has 3 nitrogen and oxygen atoms in total. The third-order valence-electron chi connectivity index (χ3n) is 2.91. The molecule has 1 saturated heterocycles. The van der Waals surface area contributed by atoms with Crippen molar-refractivity contribution >= 4 is 6.21 Å². The van der Waals surface area contributed by atoms with Crippen LogP contribution in [-0.2, 0) is 0 Å². The molecule has 78 valence electrons. The number of piperazine rings is 1. The number of hydrogen-bond donors (Lipinski definition) is 0. The fourth-order valence-electron chi connectivity index (χ4n) is 1.90. The maximum atomic E-state index is 4.42. The monoisotopic (exact) mass is 193 g/mol. The molecule has 3 heteroatoms. The van der Waals surface area contributed by atoms with Crippen LogP contribution >= 0.6 is 0 Å². The summed E-state index contributed by atoms with van der Waals surface area (Å²) in [6.07, 6.45) is 6.61. The zero-order valence-corrected chi connectivity index (χ0v) is 8.95. The Morgan fingerprint density at radius 2 is 2.00 bits per heavy atom. The van der Waals surface area contributed by atoms with Crippen molar-refractivity contribution in [2.75, 3.05) is 39.8 Å². The number of likely N-dealkylation sites (N-methyl/N-ethyl adjacent to an activating group) is 1. The van der Waals surface area contributed by atoms with Gasteiger partial charge < -0.3 is 4.90 Å². The summed E-state index contributed by atoms with van der Waals surface area (Å²) in [6, 6.07) is 0. The number of rotatable bonds is 2. The highest BCUT2D eigenvalue weighted by molar-refractivity contribution is 5.60. The molecule has 0 radical (unpaired) electrons. The molecule has 14 heavy (non-hydrogen) atoms. The maximum Gasteiger partial charge on any atom is 0.0500 e. The standard InChI is InChI=1S/C11H19N3/c1-13-6-8-14(9-7-13)10-11-4-2-3-5-12-11/h4-5H,2-3,6-10H2,1H3. The van der Waals surface area contributed by atoms with Crippen LogP contribution in [0.2, 0.25) is 0 Å². The average molecular weight is 193 g/mol. The predicted octanol–water partition coefficient (Wildman–Crippen LogP) is 0.982. The second-order valence-electron chi connectivity index (χ2n) is 4.16. The van der Waals surface area contributed by atoms with Crippen molar-refractivity contribution in [1.82, 2.24) is 9.80 Å². The zero-order valence-electron chi connectivity index (χ0n) is 8.95. The van der Waals surface area contributed by atoms with Gasteiger partial charge in [0.05, 0.1) is 0 Å². The van der Waals surface area contributed by atoms with E-state index in [1.165, 1.54) is 38.3 Å². The second-order valence-corrected chi connectivity index (χ2v) is 4.16. The van der Waals surface area contributed by atoms with Crippen molar-refractivity contribution in [3.8, 4) is 0 Å². The van der Waals surface area contributed by atoms with Crippen molar-refractivity contribution in [3.05, 3.63) is 11.8 Å². The van der Waals surface area contributed by atoms with E-state index in [0.717, 1.165) is 13.0 Å². The molecule has 0 unspecified atom stereocenters. The molecule has 0 atom stereocenters. The van der Waals surface area contributed by atoms with E-state index in [9.17, 15) is 0 Å². The van der Waals surface area contributed by atoms with Gasteiger partial charge in [0, 0.05) is 44.6 Å². The lowest BCUT2D eigenvalue weighted by Crippen LogP contribution is -2.44. The summed E-state index contributed by atoms with van der Waals surface area (Å²) >= 11 is 0. The molecule has 2 rings (SSSR count). The summed E-state index contributed by atoms with van der Waals surface area (Å²) in [5, 5.41) is 0. The van der Waals surface area contributed by atoms with E-state index >= 15 is 0 Å². The number of allylic oxidation sites excluding steroid dienone is 1. The molecule has 2 aliphatic rings. The van der Waals surface area contributed by atoms with Gasteiger partial charge in [-0.05, 0) is 19.9 Å². The Hall–Kier alpha value is -0.670. The summed E-state index contributed by atoms with van der Waals surface area (Å²) in [4.78, 5) is 9.30. The van der Waals surface area contributed by atoms with Gasteiger partial charge in [0.25, 0.3) is 0 Å². The van der Waals surface area contributed by atoms with E-state index in [4.69, 9.17) is 0 Å². The SMILES string of the molecule is CN1CCN(CC2=CCCC=N2)CC1. The van der Waals surface area contributed by atoms with Crippen LogP contribution in [0.15, 0.2) is 16.8 Å². The van der Waals surface area contributed by atoms with Crippen molar-refractivity contribution in [1.29, 1.82) is 0 Å². The van der Waals surface area contributed by atoms with Crippen LogP contribution in [0.4, 0.5) is 0 Å². The Bertz CT molecular complexity index is 237. The Balaban J connectivity index is 1.80. The first kappa shape index (κ1) is 9.87. The molecule has 0 saturated carbocycles. The Kier molecular flexibility index (Phi) is 3.32. The fraction of sp³-hybridized carbons (Fsp3) is 0.727. The molecule has 0 amide bonds. The number of hydrogen-bond acceptors (Lipinski definition) is 3. The van der Waals surface area contributed by atoms with Crippen LogP contribution in [0.5, 0.6) is 0 Å². The summed E-state index contributed by atoms with van der Waals surface area (Å²) < 4.78 is 0. The highest BCUT2D eigenvalue weighted by atomic mass is 15.2. The van der Waals surface area contributed by atoms with Gasteiger partial charge in [-0.3, -0.25) is 9.89 Å². The van der Waals surface area contributed by atoms with Crippen LogP contribution in [-0.4, -0.2) is 55.8 Å². The van der Waals surface area contributed by atoms with Gasteiger partial charge in [-0.25, -0.2) is 0 Å². The quantitative estimate of drug-likeness (QED) is 0.651. The van der Waals surface area contributed by atoms with Crippen LogP contribution in [0.1, 0.15) is 12.8 Å². The molecule has 1 fully saturated rings. The van der Waals surface area contributed by atoms with E-state index < -0.39 is 0 Å². The average Bonchev–Trinajstić information content (AvgIpc) is 2.23. The van der Waals surface area contributed by atoms with Crippen molar-refractivity contribution in [2.45, 2.75) is 12.8 Å². The van der Waals surface area contributed by atoms with Gasteiger partial charge >= 0.3 is 0 Å². The van der Waals surface area contributed by atoms with E-state index in [-0.39, 0.29) is 0 Å². The first-order valence-corrected chi connectivity index (χ1v) is 5.47. The smallest absolute Gasteiger partial charge is 0.0500 e. The lowest BCUT2D eigenvalue weighted by Gasteiger charge is -2.32. The number of nitrogens with zero attached hydrogens (tertiary/aromatic N) is 3. The predicted molar refractivity (Wildman–Crippen MR) is 59.7 cm³/mol. The third-order valence-corrected chi connectivity index (χ3v) is 2.91. The number of aliphatic imine (C=N–C) groups is 1. The van der Waals surface area contributed by atoms with E-state index in [0.29, 0.717) is 0 Å². The maximum absolute atomic E-state index is 4.42. The van der Waals surface area contributed by atoms with Crippen molar-refractivity contribution < 1.29 is 0 Å². The van der Waals surface area contributed by atoms with Crippen molar-refractivity contribution in [2.24, 2.45) is 4.99 Å². The molecular weight excluding hydrogens is 174 g/mol. The summed E-state index contributed by atoms with van der Waals surface area (Å²) in [7, 11) is 2.19. The van der Waals surface area contributed by atoms with Gasteiger partial charge in [-0.1, -0.05) is 6.08 Å². The third kappa shape index (κ3) is 2.66. The molecule has 0 aliphatic carbocycles. The Labute approximate surface area is 86.1 Å². The Morgan fingerprint density at radius 3 is 2.64 bits per heavy atom. The van der Waals surface area contributed by atoms with E-state index in [2.05, 4.69) is 27.9 Å². The minimum atomic E-state index is 1.05. The van der Waals surface area contributed by atoms with Gasteiger partial charge in [-0.2, -0.15) is 0 Å². The van der Waals surface area contributed by atoms with Crippen LogP contribution in [0.25, 0.3) is 0 Å². The molecule has 2 heterocycles. The van der Waals surface area contributed by atoms with Crippen LogP contribution in [0, 0.1) is 0 Å². The summed E-state index contributed by atoms with van der Waals surface area (Å²) in [5.74, 6) is 0. The Morgan fingerprint density at radius 1 is 1.21 bits per heavy atom. The topological polar surface area (TPSA) is 18.8 Å². The fourth-order valence-corrected chi connectivity index (χ4v) is 1.90. The van der Waals surface area contributed by atoms with Gasteiger partial charge in [0.1, 0.15) is 0 Å². The van der Waals surface area contributed by atoms with Crippen molar-refractivity contribution in [3.63, 3.8) is 0 Å². The zero-order chi connectivity index (χ0) is 9.80.